The molecule has 0 aliphatic carbocycles. The smallest absolute Gasteiger partial charge is 0.141 e. The number of hydrogen-bond donors (Lipinski definition) is 2. The van der Waals surface area contributed by atoms with Crippen LogP contribution in [0.25, 0.3) is 22.4 Å². The van der Waals surface area contributed by atoms with E-state index in [1.54, 1.807) is 12.1 Å². The van der Waals surface area contributed by atoms with Crippen molar-refractivity contribution in [2.75, 3.05) is 6.61 Å². The quantitative estimate of drug-likeness (QED) is 0.754. The van der Waals surface area contributed by atoms with Crippen LogP contribution in [0.3, 0.4) is 0 Å². The molecule has 4 nitrogen and oxygen atoms in total. The first-order valence-electron chi connectivity index (χ1n) is 6.15. The largest absolute Gasteiger partial charge is 0.508 e. The molecule has 4 heteroatoms. The maximum Gasteiger partial charge on any atom is 0.141 e. The Hall–Kier alpha value is -2.33. The Kier molecular flexibility index (Phi) is 2.93. The van der Waals surface area contributed by atoms with Crippen LogP contribution in [0.4, 0.5) is 0 Å². The first-order chi connectivity index (χ1) is 9.29. The van der Waals surface area contributed by atoms with E-state index in [0.717, 1.165) is 22.4 Å². The Morgan fingerprint density at radius 2 is 1.74 bits per heavy atom. The summed E-state index contributed by atoms with van der Waals surface area (Å²) in [7, 11) is 0. The number of aromatic hydroxyl groups is 1. The number of benzene rings is 2. The number of fused-ring (bicyclic) bond motifs is 1. The van der Waals surface area contributed by atoms with Crippen LogP contribution >= 0.6 is 0 Å². The number of hydrogen-bond acceptors (Lipinski definition) is 3. The van der Waals surface area contributed by atoms with Gasteiger partial charge in [-0.1, -0.05) is 12.1 Å². The summed E-state index contributed by atoms with van der Waals surface area (Å²) in [4.78, 5) is 4.60. The normalized spacial score (nSPS) is 11.0. The van der Waals surface area contributed by atoms with Gasteiger partial charge in [0, 0.05) is 12.1 Å². The third-order valence-corrected chi connectivity index (χ3v) is 3.10. The zero-order chi connectivity index (χ0) is 13.2. The molecule has 0 unspecified atom stereocenters. The molecule has 3 rings (SSSR count). The lowest BCUT2D eigenvalue weighted by atomic mass is 10.2. The molecule has 0 spiro atoms. The average molecular weight is 254 g/mol. The van der Waals surface area contributed by atoms with Gasteiger partial charge < -0.3 is 14.8 Å². The molecule has 0 saturated carbocycles. The molecular weight excluding hydrogens is 240 g/mol. The number of phenolic OH excluding ortho intramolecular Hbond substituents is 1. The van der Waals surface area contributed by atoms with Crippen LogP contribution < -0.4 is 0 Å². The zero-order valence-corrected chi connectivity index (χ0v) is 10.3. The van der Waals surface area contributed by atoms with Gasteiger partial charge in [-0.15, -0.1) is 0 Å². The highest BCUT2D eigenvalue weighted by Crippen LogP contribution is 2.25. The van der Waals surface area contributed by atoms with Crippen molar-refractivity contribution in [3.63, 3.8) is 0 Å². The van der Waals surface area contributed by atoms with E-state index in [2.05, 4.69) is 4.98 Å². The molecular formula is C15H14N2O2. The van der Waals surface area contributed by atoms with Crippen molar-refractivity contribution in [2.45, 2.75) is 6.54 Å². The topological polar surface area (TPSA) is 58.3 Å². The summed E-state index contributed by atoms with van der Waals surface area (Å²) in [6.07, 6.45) is 0. The monoisotopic (exact) mass is 254 g/mol. The fourth-order valence-electron chi connectivity index (χ4n) is 2.23. The highest BCUT2D eigenvalue weighted by atomic mass is 16.3. The number of aliphatic hydroxyl groups is 1. The number of aromatic nitrogens is 2. The number of imidazole rings is 1. The number of nitrogens with zero attached hydrogens (tertiary/aromatic N) is 2. The molecule has 0 amide bonds. The second kappa shape index (κ2) is 4.74. The minimum absolute atomic E-state index is 0.0610. The SMILES string of the molecule is OCCn1c(-c2ccc(O)cc2)nc2ccccc21. The van der Waals surface area contributed by atoms with Crippen molar-refractivity contribution in [1.29, 1.82) is 0 Å². The Morgan fingerprint density at radius 3 is 2.47 bits per heavy atom. The summed E-state index contributed by atoms with van der Waals surface area (Å²) in [5.41, 5.74) is 2.82. The van der Waals surface area contributed by atoms with Crippen molar-refractivity contribution >= 4 is 11.0 Å². The average Bonchev–Trinajstić information content (AvgIpc) is 2.79. The second-order valence-electron chi connectivity index (χ2n) is 4.35. The van der Waals surface area contributed by atoms with Crippen molar-refractivity contribution in [3.05, 3.63) is 48.5 Å². The van der Waals surface area contributed by atoms with Crippen LogP contribution in [0.2, 0.25) is 0 Å². The van der Waals surface area contributed by atoms with Gasteiger partial charge in [-0.25, -0.2) is 4.98 Å². The first kappa shape index (κ1) is 11.7. The zero-order valence-electron chi connectivity index (χ0n) is 10.3. The van der Waals surface area contributed by atoms with Crippen LogP contribution in [0, 0.1) is 0 Å². The molecule has 0 fully saturated rings. The lowest BCUT2D eigenvalue weighted by Gasteiger charge is -2.07. The lowest BCUT2D eigenvalue weighted by molar-refractivity contribution is 0.278. The molecule has 2 aromatic carbocycles. The van der Waals surface area contributed by atoms with Crippen LogP contribution in [0.1, 0.15) is 0 Å². The van der Waals surface area contributed by atoms with E-state index in [9.17, 15) is 10.2 Å². The summed E-state index contributed by atoms with van der Waals surface area (Å²) in [5.74, 6) is 1.03. The number of para-hydroxylation sites is 2. The second-order valence-corrected chi connectivity index (χ2v) is 4.35. The van der Waals surface area contributed by atoms with Gasteiger partial charge in [0.2, 0.25) is 0 Å². The molecule has 0 aliphatic rings. The van der Waals surface area contributed by atoms with Gasteiger partial charge in [0.25, 0.3) is 0 Å². The molecule has 0 radical (unpaired) electrons. The molecule has 0 bridgehead atoms. The van der Waals surface area contributed by atoms with E-state index in [-0.39, 0.29) is 12.4 Å². The van der Waals surface area contributed by atoms with Crippen LogP contribution in [-0.4, -0.2) is 26.4 Å². The van der Waals surface area contributed by atoms with E-state index < -0.39 is 0 Å². The molecule has 96 valence electrons. The maximum absolute atomic E-state index is 9.35. The predicted molar refractivity (Wildman–Crippen MR) is 73.9 cm³/mol. The van der Waals surface area contributed by atoms with E-state index in [4.69, 9.17) is 0 Å². The molecule has 3 aromatic rings. The van der Waals surface area contributed by atoms with E-state index in [1.807, 2.05) is 41.0 Å². The van der Waals surface area contributed by atoms with Crippen molar-refractivity contribution in [2.24, 2.45) is 0 Å². The van der Waals surface area contributed by atoms with Gasteiger partial charge in [0.1, 0.15) is 11.6 Å². The minimum Gasteiger partial charge on any atom is -0.508 e. The Balaban J connectivity index is 2.21. The highest BCUT2D eigenvalue weighted by Gasteiger charge is 2.11. The standard InChI is InChI=1S/C15H14N2O2/c18-10-9-17-14-4-2-1-3-13(14)16-15(17)11-5-7-12(19)8-6-11/h1-8,18-19H,9-10H2. The van der Waals surface area contributed by atoms with Gasteiger partial charge in [-0.05, 0) is 36.4 Å². The van der Waals surface area contributed by atoms with Gasteiger partial charge in [-0.2, -0.15) is 0 Å². The summed E-state index contributed by atoms with van der Waals surface area (Å²) < 4.78 is 1.99. The van der Waals surface area contributed by atoms with E-state index in [0.29, 0.717) is 6.54 Å². The first-order valence-corrected chi connectivity index (χ1v) is 6.15. The molecule has 2 N–H and O–H groups in total. The fourth-order valence-corrected chi connectivity index (χ4v) is 2.23. The number of aliphatic hydroxyl groups excluding tert-OH is 1. The molecule has 1 aromatic heterocycles. The van der Waals surface area contributed by atoms with Crippen molar-refractivity contribution in [3.8, 4) is 17.1 Å². The van der Waals surface area contributed by atoms with Crippen LogP contribution in [0.5, 0.6) is 5.75 Å². The van der Waals surface area contributed by atoms with Gasteiger partial charge in [-0.3, -0.25) is 0 Å². The summed E-state index contributed by atoms with van der Waals surface area (Å²) in [5, 5.41) is 18.6. The third-order valence-electron chi connectivity index (χ3n) is 3.10. The van der Waals surface area contributed by atoms with Crippen LogP contribution in [-0.2, 0) is 6.54 Å². The summed E-state index contributed by atoms with van der Waals surface area (Å²) in [6, 6.07) is 14.8. The van der Waals surface area contributed by atoms with Crippen molar-refractivity contribution in [1.82, 2.24) is 9.55 Å². The lowest BCUT2D eigenvalue weighted by Crippen LogP contribution is -2.03. The predicted octanol–water partition coefficient (Wildman–Crippen LogP) is 2.40. The maximum atomic E-state index is 9.35. The summed E-state index contributed by atoms with van der Waals surface area (Å²) in [6.45, 7) is 0.558. The van der Waals surface area contributed by atoms with Crippen molar-refractivity contribution < 1.29 is 10.2 Å². The Labute approximate surface area is 110 Å². The molecule has 0 saturated heterocycles. The minimum atomic E-state index is 0.0610. The van der Waals surface area contributed by atoms with Gasteiger partial charge >= 0.3 is 0 Å². The summed E-state index contributed by atoms with van der Waals surface area (Å²) >= 11 is 0. The molecule has 0 atom stereocenters. The Bertz CT molecular complexity index is 702. The molecule has 1 heterocycles. The highest BCUT2D eigenvalue weighted by molar-refractivity contribution is 5.80. The Morgan fingerprint density at radius 1 is 1.00 bits per heavy atom. The third kappa shape index (κ3) is 2.06. The fraction of sp³-hybridized carbons (Fsp3) is 0.133. The van der Waals surface area contributed by atoms with E-state index in [1.165, 1.54) is 0 Å². The number of phenols is 1. The molecule has 0 aliphatic heterocycles. The number of rotatable bonds is 3. The molecule has 19 heavy (non-hydrogen) atoms. The van der Waals surface area contributed by atoms with Gasteiger partial charge in [0.05, 0.1) is 17.6 Å². The van der Waals surface area contributed by atoms with Gasteiger partial charge in [0.15, 0.2) is 0 Å². The van der Waals surface area contributed by atoms with E-state index >= 15 is 0 Å². The van der Waals surface area contributed by atoms with Crippen LogP contribution in [0.15, 0.2) is 48.5 Å².